The Balaban J connectivity index is 1.71. The van der Waals surface area contributed by atoms with Gasteiger partial charge in [-0.05, 0) is 42.7 Å². The standard InChI is InChI=1S/C15H14BrClN2O/c16-11-1-5-13(6-2-11)20-15-7-10(14(17)9-19-15)8-18-12-3-4-12/h1-2,5-7,9,12,18H,3-4,8H2. The molecule has 1 aromatic heterocycles. The molecule has 0 aliphatic heterocycles. The molecule has 5 heteroatoms. The quantitative estimate of drug-likeness (QED) is 0.857. The summed E-state index contributed by atoms with van der Waals surface area (Å²) in [5, 5.41) is 4.11. The third-order valence-corrected chi connectivity index (χ3v) is 3.97. The van der Waals surface area contributed by atoms with Gasteiger partial charge < -0.3 is 10.1 Å². The number of pyridine rings is 1. The number of halogens is 2. The number of ether oxygens (including phenoxy) is 1. The molecule has 20 heavy (non-hydrogen) atoms. The van der Waals surface area contributed by atoms with Crippen LogP contribution in [0.1, 0.15) is 18.4 Å². The second-order valence-corrected chi connectivity index (χ2v) is 6.15. The fraction of sp³-hybridized carbons (Fsp3) is 0.267. The highest BCUT2D eigenvalue weighted by molar-refractivity contribution is 9.10. The van der Waals surface area contributed by atoms with Crippen molar-refractivity contribution in [3.8, 4) is 11.6 Å². The molecular formula is C15H14BrClN2O. The molecule has 3 rings (SSSR count). The Morgan fingerprint density at radius 1 is 1.30 bits per heavy atom. The van der Waals surface area contributed by atoms with Crippen molar-refractivity contribution in [1.29, 1.82) is 0 Å². The molecule has 3 nitrogen and oxygen atoms in total. The first-order valence-corrected chi connectivity index (χ1v) is 7.69. The first-order chi connectivity index (χ1) is 9.70. The first-order valence-electron chi connectivity index (χ1n) is 6.52. The molecule has 0 amide bonds. The predicted octanol–water partition coefficient (Wildman–Crippen LogP) is 4.54. The van der Waals surface area contributed by atoms with Crippen molar-refractivity contribution in [1.82, 2.24) is 10.3 Å². The molecule has 1 saturated carbocycles. The van der Waals surface area contributed by atoms with Gasteiger partial charge in [0.2, 0.25) is 5.88 Å². The predicted molar refractivity (Wildman–Crippen MR) is 83.3 cm³/mol. The van der Waals surface area contributed by atoms with Crippen LogP contribution in [0.2, 0.25) is 5.02 Å². The van der Waals surface area contributed by atoms with E-state index in [9.17, 15) is 0 Å². The van der Waals surface area contributed by atoms with E-state index >= 15 is 0 Å². The van der Waals surface area contributed by atoms with E-state index in [2.05, 4.69) is 26.2 Å². The Labute approximate surface area is 131 Å². The van der Waals surface area contributed by atoms with Crippen LogP contribution in [0.25, 0.3) is 0 Å². The van der Waals surface area contributed by atoms with E-state index in [1.807, 2.05) is 30.3 Å². The van der Waals surface area contributed by atoms with Gasteiger partial charge in [0.15, 0.2) is 0 Å². The molecule has 0 spiro atoms. The molecule has 1 fully saturated rings. The highest BCUT2D eigenvalue weighted by Gasteiger charge is 2.20. The molecule has 1 aliphatic rings. The molecule has 0 saturated heterocycles. The second-order valence-electron chi connectivity index (χ2n) is 4.83. The number of rotatable bonds is 5. The van der Waals surface area contributed by atoms with Crippen LogP contribution in [0.15, 0.2) is 41.0 Å². The monoisotopic (exact) mass is 352 g/mol. The fourth-order valence-electron chi connectivity index (χ4n) is 1.81. The molecule has 0 bridgehead atoms. The SMILES string of the molecule is Clc1cnc(Oc2ccc(Br)cc2)cc1CNC1CC1. The van der Waals surface area contributed by atoms with Crippen molar-refractivity contribution in [2.24, 2.45) is 0 Å². The highest BCUT2D eigenvalue weighted by atomic mass is 79.9. The summed E-state index contributed by atoms with van der Waals surface area (Å²) < 4.78 is 6.75. The summed E-state index contributed by atoms with van der Waals surface area (Å²) in [6.07, 6.45) is 4.15. The van der Waals surface area contributed by atoms with E-state index in [-0.39, 0.29) is 0 Å². The van der Waals surface area contributed by atoms with Gasteiger partial charge in [-0.3, -0.25) is 0 Å². The molecule has 104 valence electrons. The summed E-state index contributed by atoms with van der Waals surface area (Å²) >= 11 is 9.55. The highest BCUT2D eigenvalue weighted by Crippen LogP contribution is 2.26. The van der Waals surface area contributed by atoms with Crippen molar-refractivity contribution in [3.05, 3.63) is 51.6 Å². The Hall–Kier alpha value is -1.10. The van der Waals surface area contributed by atoms with E-state index in [1.54, 1.807) is 6.20 Å². The van der Waals surface area contributed by atoms with E-state index in [0.29, 0.717) is 16.9 Å². The van der Waals surface area contributed by atoms with Gasteiger partial charge in [0, 0.05) is 29.3 Å². The maximum atomic E-state index is 6.16. The van der Waals surface area contributed by atoms with Crippen LogP contribution in [-0.2, 0) is 6.54 Å². The van der Waals surface area contributed by atoms with Crippen LogP contribution < -0.4 is 10.1 Å². The summed E-state index contributed by atoms with van der Waals surface area (Å²) in [4.78, 5) is 4.21. The Morgan fingerprint density at radius 3 is 2.75 bits per heavy atom. The maximum Gasteiger partial charge on any atom is 0.219 e. The minimum Gasteiger partial charge on any atom is -0.439 e. The molecule has 1 heterocycles. The molecule has 1 aliphatic carbocycles. The van der Waals surface area contributed by atoms with Gasteiger partial charge in [0.25, 0.3) is 0 Å². The molecule has 1 N–H and O–H groups in total. The Morgan fingerprint density at radius 2 is 2.05 bits per heavy atom. The lowest BCUT2D eigenvalue weighted by Gasteiger charge is -2.09. The van der Waals surface area contributed by atoms with Crippen LogP contribution in [0.3, 0.4) is 0 Å². The molecule has 0 atom stereocenters. The van der Waals surface area contributed by atoms with Crippen LogP contribution in [0.5, 0.6) is 11.6 Å². The van der Waals surface area contributed by atoms with Crippen molar-refractivity contribution in [2.45, 2.75) is 25.4 Å². The molecule has 0 radical (unpaired) electrons. The normalized spacial score (nSPS) is 14.3. The van der Waals surface area contributed by atoms with E-state index in [0.717, 1.165) is 22.3 Å². The number of hydrogen-bond donors (Lipinski definition) is 1. The summed E-state index contributed by atoms with van der Waals surface area (Å²) in [7, 11) is 0. The number of aromatic nitrogens is 1. The van der Waals surface area contributed by atoms with Gasteiger partial charge in [-0.25, -0.2) is 4.98 Å². The van der Waals surface area contributed by atoms with Crippen molar-refractivity contribution < 1.29 is 4.74 Å². The van der Waals surface area contributed by atoms with E-state index in [1.165, 1.54) is 12.8 Å². The van der Waals surface area contributed by atoms with Crippen molar-refractivity contribution in [3.63, 3.8) is 0 Å². The van der Waals surface area contributed by atoms with Gasteiger partial charge in [-0.1, -0.05) is 27.5 Å². The summed E-state index contributed by atoms with van der Waals surface area (Å²) in [5.41, 5.74) is 1.01. The van der Waals surface area contributed by atoms with E-state index < -0.39 is 0 Å². The Kier molecular flexibility index (Phi) is 4.24. The lowest BCUT2D eigenvalue weighted by molar-refractivity contribution is 0.461. The lowest BCUT2D eigenvalue weighted by Crippen LogP contribution is -2.15. The Bertz CT molecular complexity index is 599. The number of nitrogens with one attached hydrogen (secondary N) is 1. The minimum atomic E-state index is 0.560. The van der Waals surface area contributed by atoms with E-state index in [4.69, 9.17) is 16.3 Å². The zero-order valence-electron chi connectivity index (χ0n) is 10.8. The first kappa shape index (κ1) is 13.9. The van der Waals surface area contributed by atoms with Crippen molar-refractivity contribution >= 4 is 27.5 Å². The van der Waals surface area contributed by atoms with Crippen LogP contribution in [0.4, 0.5) is 0 Å². The maximum absolute atomic E-state index is 6.16. The fourth-order valence-corrected chi connectivity index (χ4v) is 2.25. The van der Waals surface area contributed by atoms with Gasteiger partial charge in [0.05, 0.1) is 5.02 Å². The molecule has 2 aromatic rings. The molecule has 1 aromatic carbocycles. The average Bonchev–Trinajstić information content (AvgIpc) is 3.26. The van der Waals surface area contributed by atoms with Gasteiger partial charge >= 0.3 is 0 Å². The van der Waals surface area contributed by atoms with Gasteiger partial charge in [-0.2, -0.15) is 0 Å². The smallest absolute Gasteiger partial charge is 0.219 e. The summed E-state index contributed by atoms with van der Waals surface area (Å²) in [6.45, 7) is 0.753. The summed E-state index contributed by atoms with van der Waals surface area (Å²) in [6, 6.07) is 10.2. The van der Waals surface area contributed by atoms with Gasteiger partial charge in [0.1, 0.15) is 5.75 Å². The van der Waals surface area contributed by atoms with Gasteiger partial charge in [-0.15, -0.1) is 0 Å². The second kappa shape index (κ2) is 6.12. The average molecular weight is 354 g/mol. The molecular weight excluding hydrogens is 340 g/mol. The van der Waals surface area contributed by atoms with Crippen LogP contribution >= 0.6 is 27.5 Å². The zero-order valence-corrected chi connectivity index (χ0v) is 13.1. The molecule has 0 unspecified atom stereocenters. The zero-order chi connectivity index (χ0) is 13.9. The summed E-state index contributed by atoms with van der Waals surface area (Å²) in [5.74, 6) is 1.31. The van der Waals surface area contributed by atoms with Crippen LogP contribution in [-0.4, -0.2) is 11.0 Å². The van der Waals surface area contributed by atoms with Crippen LogP contribution in [0, 0.1) is 0 Å². The largest absolute Gasteiger partial charge is 0.439 e. The van der Waals surface area contributed by atoms with Crippen molar-refractivity contribution in [2.75, 3.05) is 0 Å². The minimum absolute atomic E-state index is 0.560. The third kappa shape index (κ3) is 3.72. The third-order valence-electron chi connectivity index (χ3n) is 3.10. The topological polar surface area (TPSA) is 34.1 Å². The number of hydrogen-bond acceptors (Lipinski definition) is 3. The lowest BCUT2D eigenvalue weighted by atomic mass is 10.2. The number of nitrogens with zero attached hydrogens (tertiary/aromatic N) is 1. The number of benzene rings is 1.